The Kier molecular flexibility index (Phi) is 8.22. The predicted molar refractivity (Wildman–Crippen MR) is 160 cm³/mol. The topological polar surface area (TPSA) is 83.0 Å². The number of carboxylic acids is 1. The molecule has 0 radical (unpaired) electrons. The Hall–Kier alpha value is -3.79. The van der Waals surface area contributed by atoms with Crippen LogP contribution in [-0.4, -0.2) is 46.2 Å². The Morgan fingerprint density at radius 1 is 1.02 bits per heavy atom. The monoisotopic (exact) mass is 627 g/mol. The number of halogens is 4. The van der Waals surface area contributed by atoms with Crippen LogP contribution in [0.3, 0.4) is 0 Å². The second-order valence-electron chi connectivity index (χ2n) is 11.9. The van der Waals surface area contributed by atoms with Crippen molar-refractivity contribution in [3.05, 3.63) is 82.0 Å². The van der Waals surface area contributed by atoms with E-state index in [2.05, 4.69) is 4.90 Å². The van der Waals surface area contributed by atoms with Gasteiger partial charge < -0.3 is 14.7 Å². The number of carboxylic acid groups (broad SMARTS) is 1. The molecule has 3 aliphatic rings. The van der Waals surface area contributed by atoms with Gasteiger partial charge >= 0.3 is 18.2 Å². The summed E-state index contributed by atoms with van der Waals surface area (Å²) in [6.45, 7) is 3.59. The number of pyridine rings is 1. The third-order valence-corrected chi connectivity index (χ3v) is 9.55. The van der Waals surface area contributed by atoms with Crippen LogP contribution >= 0.6 is 11.6 Å². The van der Waals surface area contributed by atoms with Crippen LogP contribution in [0, 0.1) is 5.92 Å². The van der Waals surface area contributed by atoms with Crippen molar-refractivity contribution in [3.63, 3.8) is 0 Å². The van der Waals surface area contributed by atoms with Gasteiger partial charge in [-0.1, -0.05) is 29.8 Å². The fraction of sp³-hybridized carbons (Fsp3) is 0.424. The highest BCUT2D eigenvalue weighted by Gasteiger charge is 2.41. The standard InChI is InChI=1S/C33H33ClF3N3O4/c1-19-30(23-4-2-5-24(16-23)33(35,36)37)44-32(43)40(19)18-28-25(11-13-29(38-28)39-14-3-15-39)26-17-22(10-12-27(26)34)20-6-8-21(9-7-20)31(41)42/h2,4-5,10-13,16-17,19-21,30H,3,6-9,14-15,18H2,1H3,(H,41,42)/t19-,20-,21-,30-/m0/s1. The van der Waals surface area contributed by atoms with Crippen LogP contribution in [0.15, 0.2) is 54.6 Å². The van der Waals surface area contributed by atoms with Gasteiger partial charge in [-0.3, -0.25) is 9.69 Å². The van der Waals surface area contributed by atoms with Crippen molar-refractivity contribution in [2.24, 2.45) is 5.92 Å². The minimum absolute atomic E-state index is 0.0801. The van der Waals surface area contributed by atoms with E-state index in [1.165, 1.54) is 17.0 Å². The first-order valence-electron chi connectivity index (χ1n) is 14.9. The normalized spacial score (nSPS) is 23.8. The van der Waals surface area contributed by atoms with Gasteiger partial charge in [0.25, 0.3) is 0 Å². The Morgan fingerprint density at radius 3 is 2.43 bits per heavy atom. The number of rotatable bonds is 7. The summed E-state index contributed by atoms with van der Waals surface area (Å²) < 4.78 is 45.8. The fourth-order valence-corrected chi connectivity index (χ4v) is 6.69. The third kappa shape index (κ3) is 5.96. The van der Waals surface area contributed by atoms with Crippen LogP contribution in [-0.2, 0) is 22.3 Å². The van der Waals surface area contributed by atoms with Crippen molar-refractivity contribution in [1.29, 1.82) is 0 Å². The lowest BCUT2D eigenvalue weighted by atomic mass is 9.78. The highest BCUT2D eigenvalue weighted by atomic mass is 35.5. The molecule has 1 saturated carbocycles. The Bertz CT molecular complexity index is 1570. The number of hydrogen-bond acceptors (Lipinski definition) is 5. The summed E-state index contributed by atoms with van der Waals surface area (Å²) in [4.78, 5) is 33.2. The molecule has 1 amide bonds. The molecular formula is C33H33ClF3N3O4. The number of benzene rings is 2. The maximum atomic E-state index is 13.4. The smallest absolute Gasteiger partial charge is 0.416 e. The van der Waals surface area contributed by atoms with Gasteiger partial charge in [-0.2, -0.15) is 13.2 Å². The summed E-state index contributed by atoms with van der Waals surface area (Å²) in [6.07, 6.45) is -2.17. The Morgan fingerprint density at radius 2 is 1.77 bits per heavy atom. The number of nitrogens with zero attached hydrogens (tertiary/aromatic N) is 3. The molecule has 2 atom stereocenters. The summed E-state index contributed by atoms with van der Waals surface area (Å²) >= 11 is 6.76. The van der Waals surface area contributed by atoms with Gasteiger partial charge in [-0.15, -0.1) is 0 Å². The average molecular weight is 628 g/mol. The zero-order valence-corrected chi connectivity index (χ0v) is 24.9. The van der Waals surface area contributed by atoms with Gasteiger partial charge in [0.05, 0.1) is 29.8 Å². The number of cyclic esters (lactones) is 1. The lowest BCUT2D eigenvalue weighted by molar-refractivity contribution is -0.143. The summed E-state index contributed by atoms with van der Waals surface area (Å²) in [5, 5.41) is 9.93. The number of hydrogen-bond donors (Lipinski definition) is 1. The molecule has 232 valence electrons. The maximum absolute atomic E-state index is 13.4. The summed E-state index contributed by atoms with van der Waals surface area (Å²) in [5.74, 6) is -0.0721. The van der Waals surface area contributed by atoms with E-state index < -0.39 is 35.9 Å². The summed E-state index contributed by atoms with van der Waals surface area (Å²) in [6, 6.07) is 14.1. The zero-order chi connectivity index (χ0) is 31.2. The van der Waals surface area contributed by atoms with Gasteiger partial charge in [0, 0.05) is 29.2 Å². The molecule has 0 spiro atoms. The van der Waals surface area contributed by atoms with Crippen LogP contribution in [0.2, 0.25) is 5.02 Å². The Balaban J connectivity index is 1.31. The largest absolute Gasteiger partial charge is 0.481 e. The second kappa shape index (κ2) is 12.0. The van der Waals surface area contributed by atoms with Gasteiger partial charge in [0.15, 0.2) is 0 Å². The van der Waals surface area contributed by atoms with Crippen molar-refractivity contribution in [2.75, 3.05) is 18.0 Å². The average Bonchev–Trinajstić information content (AvgIpc) is 3.25. The number of alkyl halides is 3. The highest BCUT2D eigenvalue weighted by Crippen LogP contribution is 2.41. The molecule has 44 heavy (non-hydrogen) atoms. The highest BCUT2D eigenvalue weighted by molar-refractivity contribution is 6.33. The van der Waals surface area contributed by atoms with Crippen LogP contribution in [0.5, 0.6) is 0 Å². The number of amides is 1. The van der Waals surface area contributed by atoms with Gasteiger partial charge in [0.2, 0.25) is 0 Å². The minimum Gasteiger partial charge on any atom is -0.481 e. The maximum Gasteiger partial charge on any atom is 0.416 e. The van der Waals surface area contributed by atoms with E-state index in [-0.39, 0.29) is 23.9 Å². The van der Waals surface area contributed by atoms with Crippen molar-refractivity contribution >= 4 is 29.5 Å². The van der Waals surface area contributed by atoms with E-state index >= 15 is 0 Å². The van der Waals surface area contributed by atoms with E-state index in [0.29, 0.717) is 23.6 Å². The number of carbonyl (C=O) groups excluding carboxylic acids is 1. The number of carbonyl (C=O) groups is 2. The molecular weight excluding hydrogens is 595 g/mol. The molecule has 6 rings (SSSR count). The lowest BCUT2D eigenvalue weighted by Gasteiger charge is -2.33. The molecule has 2 aliphatic heterocycles. The van der Waals surface area contributed by atoms with E-state index in [9.17, 15) is 27.9 Å². The lowest BCUT2D eigenvalue weighted by Crippen LogP contribution is -2.38. The third-order valence-electron chi connectivity index (χ3n) is 9.22. The number of aromatic nitrogens is 1. The molecule has 11 heteroatoms. The molecule has 1 aromatic heterocycles. The van der Waals surface area contributed by atoms with E-state index in [4.69, 9.17) is 21.3 Å². The molecule has 1 aliphatic carbocycles. The first-order chi connectivity index (χ1) is 21.0. The van der Waals surface area contributed by atoms with Gasteiger partial charge in [0.1, 0.15) is 11.9 Å². The second-order valence-corrected chi connectivity index (χ2v) is 12.3. The minimum atomic E-state index is -4.51. The summed E-state index contributed by atoms with van der Waals surface area (Å²) in [5.41, 5.74) is 2.67. The summed E-state index contributed by atoms with van der Waals surface area (Å²) in [7, 11) is 0. The van der Waals surface area contributed by atoms with Gasteiger partial charge in [-0.25, -0.2) is 9.78 Å². The van der Waals surface area contributed by atoms with Crippen molar-refractivity contribution in [3.8, 4) is 11.1 Å². The quantitative estimate of drug-likeness (QED) is 0.285. The number of anilines is 1. The molecule has 7 nitrogen and oxygen atoms in total. The molecule has 0 bridgehead atoms. The Labute approximate surface area is 258 Å². The molecule has 3 aromatic rings. The predicted octanol–water partition coefficient (Wildman–Crippen LogP) is 8.07. The van der Waals surface area contributed by atoms with E-state index in [1.807, 2.05) is 30.3 Å². The molecule has 3 heterocycles. The van der Waals surface area contributed by atoms with Crippen LogP contribution in [0.25, 0.3) is 11.1 Å². The first kappa shape index (κ1) is 30.2. The van der Waals surface area contributed by atoms with E-state index in [0.717, 1.165) is 67.0 Å². The van der Waals surface area contributed by atoms with E-state index in [1.54, 1.807) is 6.92 Å². The van der Waals surface area contributed by atoms with Crippen molar-refractivity contribution < 1.29 is 32.6 Å². The van der Waals surface area contributed by atoms with Crippen molar-refractivity contribution in [1.82, 2.24) is 9.88 Å². The first-order valence-corrected chi connectivity index (χ1v) is 15.3. The molecule has 1 N–H and O–H groups in total. The zero-order valence-electron chi connectivity index (χ0n) is 24.2. The van der Waals surface area contributed by atoms with Crippen molar-refractivity contribution in [2.45, 2.75) is 69.8 Å². The van der Waals surface area contributed by atoms with Crippen LogP contribution in [0.4, 0.5) is 23.8 Å². The number of ether oxygens (including phenoxy) is 1. The van der Waals surface area contributed by atoms with Crippen LogP contribution in [0.1, 0.15) is 73.4 Å². The number of aliphatic carboxylic acids is 1. The molecule has 0 unspecified atom stereocenters. The molecule has 2 aromatic carbocycles. The van der Waals surface area contributed by atoms with Crippen LogP contribution < -0.4 is 4.90 Å². The molecule has 3 fully saturated rings. The molecule has 2 saturated heterocycles. The van der Waals surface area contributed by atoms with Gasteiger partial charge in [-0.05, 0) is 92.5 Å². The fourth-order valence-electron chi connectivity index (χ4n) is 6.47. The SMILES string of the molecule is C[C@H]1[C@@H](c2cccc(C(F)(F)F)c2)OC(=O)N1Cc1nc(N2CCC2)ccc1-c1cc([C@H]2CC[C@H](C(=O)O)CC2)ccc1Cl.